The van der Waals surface area contributed by atoms with Gasteiger partial charge in [-0.1, -0.05) is 0 Å². The van der Waals surface area contributed by atoms with Gasteiger partial charge >= 0.3 is 11.4 Å². The number of aliphatic hydroxyl groups is 1. The molecule has 20 nitrogen and oxygen atoms in total. The number of nitrogens with zero attached hydrogens (tertiary/aromatic N) is 6. The van der Waals surface area contributed by atoms with Crippen molar-refractivity contribution in [2.24, 2.45) is 0 Å². The van der Waals surface area contributed by atoms with Crippen LogP contribution in [-0.2, 0) is 0 Å². The molecule has 0 saturated carbocycles. The Balaban J connectivity index is 2.99. The number of nitro benzene ring substituents is 6. The molecule has 0 aliphatic heterocycles. The third kappa shape index (κ3) is 5.28. The first-order chi connectivity index (χ1) is 16.8. The molecule has 0 fully saturated rings. The number of non-ortho nitro benzene ring substituents is 1. The summed E-state index contributed by atoms with van der Waals surface area (Å²) < 4.78 is 0. The predicted molar refractivity (Wildman–Crippen MR) is 117 cm³/mol. The van der Waals surface area contributed by atoms with Crippen LogP contribution in [-0.4, -0.2) is 47.8 Å². The molecule has 0 radical (unpaired) electrons. The minimum atomic E-state index is -1.24. The number of anilines is 1. The number of hydrogen-bond acceptors (Lipinski definition) is 14. The van der Waals surface area contributed by atoms with E-state index in [0.29, 0.717) is 30.4 Å². The zero-order valence-electron chi connectivity index (χ0n) is 17.3. The first kappa shape index (κ1) is 26.6. The number of nitrogens with one attached hydrogen (secondary N) is 1. The maximum Gasteiger partial charge on any atom is 0.313 e. The van der Waals surface area contributed by atoms with Gasteiger partial charge < -0.3 is 10.4 Å². The van der Waals surface area contributed by atoms with Crippen LogP contribution >= 0.6 is 0 Å². The summed E-state index contributed by atoms with van der Waals surface area (Å²) in [6, 6.07) is 1.10. The highest BCUT2D eigenvalue weighted by atomic mass is 16.6. The SMILES string of the molecule is O=[N+]([O-])c1cc([N+](=O)[O-])c(/C=C/c2c([N+](=O)[O-])cc([N+](=O)[O-])c(NCCO)c2[N+](=O)[O-])c([N+](=O)[O-])c1. The molecule has 0 spiro atoms. The fourth-order valence-electron chi connectivity index (χ4n) is 3.01. The molecule has 0 saturated heterocycles. The third-order valence-corrected chi connectivity index (χ3v) is 4.43. The molecule has 0 aliphatic carbocycles. The normalized spacial score (nSPS) is 10.7. The molecule has 2 aromatic rings. The summed E-state index contributed by atoms with van der Waals surface area (Å²) in [6.45, 7) is -1.11. The van der Waals surface area contributed by atoms with E-state index in [4.69, 9.17) is 5.11 Å². The van der Waals surface area contributed by atoms with E-state index in [0.717, 1.165) is 0 Å². The average molecular weight is 509 g/mol. The highest BCUT2D eigenvalue weighted by Gasteiger charge is 2.36. The molecule has 0 amide bonds. The van der Waals surface area contributed by atoms with Crippen LogP contribution in [0.5, 0.6) is 0 Å². The van der Waals surface area contributed by atoms with E-state index in [1.165, 1.54) is 0 Å². The summed E-state index contributed by atoms with van der Waals surface area (Å²) in [6.07, 6.45) is 1.02. The molecular formula is C16H11N7O13. The van der Waals surface area contributed by atoms with Crippen LogP contribution in [0.3, 0.4) is 0 Å². The lowest BCUT2D eigenvalue weighted by Gasteiger charge is -2.09. The van der Waals surface area contributed by atoms with Gasteiger partial charge in [0.05, 0.1) is 54.3 Å². The van der Waals surface area contributed by atoms with Crippen LogP contribution in [0.25, 0.3) is 12.2 Å². The van der Waals surface area contributed by atoms with Gasteiger partial charge in [0.2, 0.25) is 0 Å². The molecule has 36 heavy (non-hydrogen) atoms. The molecule has 0 bridgehead atoms. The van der Waals surface area contributed by atoms with Gasteiger partial charge in [-0.3, -0.25) is 60.7 Å². The Morgan fingerprint density at radius 2 is 1.08 bits per heavy atom. The van der Waals surface area contributed by atoms with E-state index >= 15 is 0 Å². The molecule has 0 aromatic heterocycles. The van der Waals surface area contributed by atoms with Gasteiger partial charge in [0.1, 0.15) is 11.1 Å². The first-order valence-corrected chi connectivity index (χ1v) is 9.10. The van der Waals surface area contributed by atoms with Gasteiger partial charge in [-0.15, -0.1) is 0 Å². The molecule has 0 unspecified atom stereocenters. The zero-order valence-corrected chi connectivity index (χ0v) is 17.3. The van der Waals surface area contributed by atoms with E-state index in [-0.39, 0.29) is 0 Å². The van der Waals surface area contributed by atoms with Gasteiger partial charge in [0.15, 0.2) is 5.69 Å². The zero-order chi connectivity index (χ0) is 27.3. The lowest BCUT2D eigenvalue weighted by atomic mass is 10.0. The smallest absolute Gasteiger partial charge is 0.313 e. The molecule has 2 aromatic carbocycles. The quantitative estimate of drug-likeness (QED) is 0.250. The Morgan fingerprint density at radius 3 is 1.47 bits per heavy atom. The minimum absolute atomic E-state index is 0.352. The van der Waals surface area contributed by atoms with Gasteiger partial charge in [-0.25, -0.2) is 0 Å². The Labute approximate surface area is 196 Å². The summed E-state index contributed by atoms with van der Waals surface area (Å²) >= 11 is 0. The number of rotatable bonds is 11. The van der Waals surface area contributed by atoms with Gasteiger partial charge in [-0.05, 0) is 12.2 Å². The van der Waals surface area contributed by atoms with Gasteiger partial charge in [-0.2, -0.15) is 0 Å². The Hall–Kier alpha value is -5.66. The van der Waals surface area contributed by atoms with Crippen molar-refractivity contribution in [1.29, 1.82) is 0 Å². The second kappa shape index (κ2) is 10.5. The largest absolute Gasteiger partial charge is 0.395 e. The second-order valence-corrected chi connectivity index (χ2v) is 6.48. The highest BCUT2D eigenvalue weighted by Crippen LogP contribution is 2.44. The topological polar surface area (TPSA) is 291 Å². The summed E-state index contributed by atoms with van der Waals surface area (Å²) in [5.41, 5.74) is -9.60. The molecule has 0 atom stereocenters. The van der Waals surface area contributed by atoms with Gasteiger partial charge in [0.25, 0.3) is 22.7 Å². The van der Waals surface area contributed by atoms with E-state index in [1.54, 1.807) is 0 Å². The van der Waals surface area contributed by atoms with Crippen LogP contribution in [0.15, 0.2) is 18.2 Å². The number of hydrogen-bond donors (Lipinski definition) is 2. The number of benzene rings is 2. The van der Waals surface area contributed by atoms with E-state index in [2.05, 4.69) is 5.32 Å². The van der Waals surface area contributed by atoms with Crippen molar-refractivity contribution < 1.29 is 34.6 Å². The van der Waals surface area contributed by atoms with Crippen LogP contribution in [0.1, 0.15) is 11.1 Å². The summed E-state index contributed by atoms with van der Waals surface area (Å²) in [4.78, 5) is 61.4. The maximum atomic E-state index is 11.8. The van der Waals surface area contributed by atoms with Crippen LogP contribution in [0, 0.1) is 60.7 Å². The van der Waals surface area contributed by atoms with E-state index < -0.39 is 93.6 Å². The van der Waals surface area contributed by atoms with Crippen LogP contribution in [0.4, 0.5) is 39.8 Å². The van der Waals surface area contributed by atoms with Crippen molar-refractivity contribution in [2.45, 2.75) is 0 Å². The fourth-order valence-corrected chi connectivity index (χ4v) is 3.01. The maximum absolute atomic E-state index is 11.8. The van der Waals surface area contributed by atoms with Crippen molar-refractivity contribution in [3.05, 3.63) is 90.0 Å². The average Bonchev–Trinajstić information content (AvgIpc) is 2.79. The molecular weight excluding hydrogens is 498 g/mol. The molecule has 20 heteroatoms. The number of nitro groups is 6. The van der Waals surface area contributed by atoms with Gasteiger partial charge in [0, 0.05) is 6.54 Å². The summed E-state index contributed by atoms with van der Waals surface area (Å²) in [5.74, 6) is 0. The van der Waals surface area contributed by atoms with Crippen molar-refractivity contribution in [1.82, 2.24) is 0 Å². The monoisotopic (exact) mass is 509 g/mol. The van der Waals surface area contributed by atoms with Crippen molar-refractivity contribution in [2.75, 3.05) is 18.5 Å². The molecule has 188 valence electrons. The Bertz CT molecular complexity index is 1320. The fraction of sp³-hybridized carbons (Fsp3) is 0.125. The standard InChI is InChI=1S/C16H11N7O13/c24-4-3-17-15-14(22(33)34)7-13(21(31)32)10(16(15)23(35)36)2-1-9-11(19(27)28)5-8(18(25)26)6-12(9)20(29)30/h1-2,5-7,17,24H,3-4H2/b2-1+. The minimum Gasteiger partial charge on any atom is -0.395 e. The molecule has 2 N–H and O–H groups in total. The Morgan fingerprint density at radius 1 is 0.639 bits per heavy atom. The van der Waals surface area contributed by atoms with E-state index in [9.17, 15) is 60.7 Å². The van der Waals surface area contributed by atoms with Crippen molar-refractivity contribution in [3.63, 3.8) is 0 Å². The number of aliphatic hydroxyl groups excluding tert-OH is 1. The van der Waals surface area contributed by atoms with Crippen molar-refractivity contribution >= 4 is 52.0 Å². The predicted octanol–water partition coefficient (Wildman–Crippen LogP) is 2.71. The van der Waals surface area contributed by atoms with Crippen LogP contribution in [0.2, 0.25) is 0 Å². The third-order valence-electron chi connectivity index (χ3n) is 4.43. The Kier molecular flexibility index (Phi) is 7.77. The highest BCUT2D eigenvalue weighted by molar-refractivity contribution is 5.91. The second-order valence-electron chi connectivity index (χ2n) is 6.48. The van der Waals surface area contributed by atoms with Crippen molar-refractivity contribution in [3.8, 4) is 0 Å². The lowest BCUT2D eigenvalue weighted by Crippen LogP contribution is -2.11. The summed E-state index contributed by atoms with van der Waals surface area (Å²) in [5, 5.41) is 79.7. The molecule has 0 heterocycles. The lowest BCUT2D eigenvalue weighted by molar-refractivity contribution is -0.403. The summed E-state index contributed by atoms with van der Waals surface area (Å²) in [7, 11) is 0. The molecule has 2 rings (SSSR count). The van der Waals surface area contributed by atoms with Crippen LogP contribution < -0.4 is 5.32 Å². The van der Waals surface area contributed by atoms with E-state index in [1.807, 2.05) is 0 Å². The molecule has 0 aliphatic rings. The first-order valence-electron chi connectivity index (χ1n) is 9.10.